The summed E-state index contributed by atoms with van der Waals surface area (Å²) in [5.41, 5.74) is 1.47. The van der Waals surface area contributed by atoms with Crippen LogP contribution >= 0.6 is 27.7 Å². The number of benzene rings is 1. The highest BCUT2D eigenvalue weighted by atomic mass is 79.9. The second-order valence-electron chi connectivity index (χ2n) is 5.44. The molecule has 0 radical (unpaired) electrons. The third kappa shape index (κ3) is 3.75. The summed E-state index contributed by atoms with van der Waals surface area (Å²) >= 11 is 5.65. The van der Waals surface area contributed by atoms with Crippen LogP contribution in [0.2, 0.25) is 0 Å². The summed E-state index contributed by atoms with van der Waals surface area (Å²) < 4.78 is 6.48. The lowest BCUT2D eigenvalue weighted by Gasteiger charge is -2.26. The van der Waals surface area contributed by atoms with Crippen molar-refractivity contribution in [3.05, 3.63) is 28.2 Å². The van der Waals surface area contributed by atoms with Gasteiger partial charge in [-0.2, -0.15) is 0 Å². The lowest BCUT2D eigenvalue weighted by atomic mass is 9.91. The van der Waals surface area contributed by atoms with Gasteiger partial charge in [0.2, 0.25) is 0 Å². The van der Waals surface area contributed by atoms with Crippen LogP contribution in [-0.2, 0) is 11.2 Å². The molecule has 0 aliphatic carbocycles. The number of thioether (sulfide) groups is 1. The fourth-order valence-electron chi connectivity index (χ4n) is 2.65. The molecular weight excluding hydrogens is 322 g/mol. The van der Waals surface area contributed by atoms with Crippen molar-refractivity contribution in [1.82, 2.24) is 5.32 Å². The first kappa shape index (κ1) is 13.9. The first-order chi connectivity index (χ1) is 9.31. The van der Waals surface area contributed by atoms with E-state index in [1.807, 2.05) is 11.8 Å². The zero-order chi connectivity index (χ0) is 13.1. The zero-order valence-electron chi connectivity index (χ0n) is 11.0. The molecule has 2 saturated heterocycles. The van der Waals surface area contributed by atoms with Crippen LogP contribution in [0, 0.1) is 5.92 Å². The van der Waals surface area contributed by atoms with Crippen molar-refractivity contribution >= 4 is 27.7 Å². The van der Waals surface area contributed by atoms with E-state index >= 15 is 0 Å². The van der Waals surface area contributed by atoms with Gasteiger partial charge in [0.15, 0.2) is 0 Å². The van der Waals surface area contributed by atoms with Crippen molar-refractivity contribution < 1.29 is 4.74 Å². The van der Waals surface area contributed by atoms with Crippen LogP contribution in [0.25, 0.3) is 0 Å². The number of piperidine rings is 1. The number of rotatable bonds is 4. The van der Waals surface area contributed by atoms with Gasteiger partial charge in [0, 0.05) is 9.37 Å². The molecule has 0 spiro atoms. The molecule has 4 heteroatoms. The molecule has 0 atom stereocenters. The average molecular weight is 342 g/mol. The average Bonchev–Trinajstić information content (AvgIpc) is 2.37. The summed E-state index contributed by atoms with van der Waals surface area (Å²) in [6, 6.07) is 6.88. The van der Waals surface area contributed by atoms with Crippen LogP contribution in [0.4, 0.5) is 0 Å². The Morgan fingerprint density at radius 3 is 2.68 bits per heavy atom. The minimum absolute atomic E-state index is 0.645. The zero-order valence-corrected chi connectivity index (χ0v) is 13.4. The highest BCUT2D eigenvalue weighted by Gasteiger charge is 2.21. The highest BCUT2D eigenvalue weighted by molar-refractivity contribution is 9.10. The molecule has 2 heterocycles. The summed E-state index contributed by atoms with van der Waals surface area (Å²) in [6.45, 7) is 4.16. The van der Waals surface area contributed by atoms with Crippen LogP contribution in [-0.4, -0.2) is 31.6 Å². The van der Waals surface area contributed by atoms with Gasteiger partial charge in [-0.05, 0) is 71.9 Å². The van der Waals surface area contributed by atoms with Crippen molar-refractivity contribution in [2.75, 3.05) is 26.3 Å². The molecule has 0 unspecified atom stereocenters. The van der Waals surface area contributed by atoms with Gasteiger partial charge in [0.25, 0.3) is 0 Å². The Kier molecular flexibility index (Phi) is 4.85. The standard InChI is InChI=1S/C15H20BrNOS/c16-14-8-12(7-11-3-5-17-6-4-11)1-2-15(14)19-13-9-18-10-13/h1-2,8,11,13,17H,3-7,9-10H2. The number of hydrogen-bond acceptors (Lipinski definition) is 3. The van der Waals surface area contributed by atoms with Crippen molar-refractivity contribution in [1.29, 1.82) is 0 Å². The Morgan fingerprint density at radius 1 is 1.26 bits per heavy atom. The quantitative estimate of drug-likeness (QED) is 0.905. The molecule has 0 amide bonds. The molecule has 2 aliphatic rings. The fraction of sp³-hybridized carbons (Fsp3) is 0.600. The predicted octanol–water partition coefficient (Wildman–Crippen LogP) is 3.48. The van der Waals surface area contributed by atoms with Gasteiger partial charge < -0.3 is 10.1 Å². The van der Waals surface area contributed by atoms with Crippen LogP contribution in [0.3, 0.4) is 0 Å². The van der Waals surface area contributed by atoms with Crippen LogP contribution in [0.15, 0.2) is 27.6 Å². The summed E-state index contributed by atoms with van der Waals surface area (Å²) in [5, 5.41) is 4.08. The summed E-state index contributed by atoms with van der Waals surface area (Å²) in [6.07, 6.45) is 3.85. The lowest BCUT2D eigenvalue weighted by molar-refractivity contribution is 0.0455. The van der Waals surface area contributed by atoms with Gasteiger partial charge in [0.1, 0.15) is 0 Å². The van der Waals surface area contributed by atoms with E-state index in [4.69, 9.17) is 4.74 Å². The van der Waals surface area contributed by atoms with Gasteiger partial charge >= 0.3 is 0 Å². The Morgan fingerprint density at radius 2 is 2.05 bits per heavy atom. The van der Waals surface area contributed by atoms with Crippen molar-refractivity contribution in [3.8, 4) is 0 Å². The molecule has 1 aromatic rings. The molecule has 3 rings (SSSR count). The van der Waals surface area contributed by atoms with E-state index in [1.165, 1.54) is 47.3 Å². The molecule has 104 valence electrons. The molecule has 1 aromatic carbocycles. The number of halogens is 1. The monoisotopic (exact) mass is 341 g/mol. The van der Waals surface area contributed by atoms with Crippen molar-refractivity contribution in [2.45, 2.75) is 29.4 Å². The number of hydrogen-bond donors (Lipinski definition) is 1. The molecule has 0 saturated carbocycles. The van der Waals surface area contributed by atoms with E-state index in [2.05, 4.69) is 39.4 Å². The third-order valence-corrected chi connectivity index (χ3v) is 6.01. The fourth-order valence-corrected chi connectivity index (χ4v) is 4.36. The first-order valence-electron chi connectivity index (χ1n) is 7.05. The molecule has 2 fully saturated rings. The Labute approximate surface area is 127 Å². The largest absolute Gasteiger partial charge is 0.379 e. The minimum atomic E-state index is 0.645. The number of ether oxygens (including phenoxy) is 1. The van der Waals surface area contributed by atoms with Crippen LogP contribution in [0.1, 0.15) is 18.4 Å². The second kappa shape index (κ2) is 6.61. The van der Waals surface area contributed by atoms with Gasteiger partial charge in [-0.15, -0.1) is 11.8 Å². The molecule has 19 heavy (non-hydrogen) atoms. The Balaban J connectivity index is 1.61. The van der Waals surface area contributed by atoms with E-state index in [-0.39, 0.29) is 0 Å². The topological polar surface area (TPSA) is 21.3 Å². The van der Waals surface area contributed by atoms with Crippen LogP contribution in [0.5, 0.6) is 0 Å². The minimum Gasteiger partial charge on any atom is -0.379 e. The normalized spacial score (nSPS) is 21.3. The molecule has 0 aromatic heterocycles. The van der Waals surface area contributed by atoms with E-state index in [9.17, 15) is 0 Å². The molecule has 1 N–H and O–H groups in total. The third-order valence-electron chi connectivity index (χ3n) is 3.88. The predicted molar refractivity (Wildman–Crippen MR) is 83.9 cm³/mol. The van der Waals surface area contributed by atoms with Crippen molar-refractivity contribution in [2.24, 2.45) is 5.92 Å². The molecule has 2 aliphatic heterocycles. The molecule has 0 bridgehead atoms. The van der Waals surface area contributed by atoms with Gasteiger partial charge in [-0.25, -0.2) is 0 Å². The van der Waals surface area contributed by atoms with Gasteiger partial charge in [0.05, 0.1) is 18.5 Å². The smallest absolute Gasteiger partial charge is 0.0611 e. The SMILES string of the molecule is Brc1cc(CC2CCNCC2)ccc1SC1COC1. The van der Waals surface area contributed by atoms with Gasteiger partial charge in [-0.1, -0.05) is 6.07 Å². The summed E-state index contributed by atoms with van der Waals surface area (Å²) in [4.78, 5) is 1.35. The maximum atomic E-state index is 5.23. The summed E-state index contributed by atoms with van der Waals surface area (Å²) in [7, 11) is 0. The second-order valence-corrected chi connectivity index (χ2v) is 7.64. The molecule has 2 nitrogen and oxygen atoms in total. The summed E-state index contributed by atoms with van der Waals surface area (Å²) in [5.74, 6) is 0.853. The van der Waals surface area contributed by atoms with E-state index in [1.54, 1.807) is 0 Å². The number of nitrogens with one attached hydrogen (secondary N) is 1. The maximum absolute atomic E-state index is 5.23. The van der Waals surface area contributed by atoms with Gasteiger partial charge in [-0.3, -0.25) is 0 Å². The Bertz CT molecular complexity index is 430. The highest BCUT2D eigenvalue weighted by Crippen LogP contribution is 2.34. The Hall–Kier alpha value is -0.0300. The van der Waals surface area contributed by atoms with E-state index < -0.39 is 0 Å². The maximum Gasteiger partial charge on any atom is 0.0611 e. The van der Waals surface area contributed by atoms with Crippen molar-refractivity contribution in [3.63, 3.8) is 0 Å². The van der Waals surface area contributed by atoms with Crippen LogP contribution < -0.4 is 5.32 Å². The first-order valence-corrected chi connectivity index (χ1v) is 8.72. The lowest BCUT2D eigenvalue weighted by Crippen LogP contribution is -2.30. The van der Waals surface area contributed by atoms with E-state index in [0.717, 1.165) is 19.1 Å². The molecular formula is C15H20BrNOS. The van der Waals surface area contributed by atoms with E-state index in [0.29, 0.717) is 5.25 Å².